The third-order valence-corrected chi connectivity index (χ3v) is 5.09. The van der Waals surface area contributed by atoms with Crippen LogP contribution in [0.4, 0.5) is 0 Å². The van der Waals surface area contributed by atoms with Gasteiger partial charge in [-0.1, -0.05) is 19.1 Å². The van der Waals surface area contributed by atoms with E-state index in [4.69, 9.17) is 4.98 Å². The van der Waals surface area contributed by atoms with Gasteiger partial charge in [-0.05, 0) is 43.1 Å². The summed E-state index contributed by atoms with van der Waals surface area (Å²) in [6.45, 7) is 5.29. The molecule has 0 saturated carbocycles. The minimum absolute atomic E-state index is 0.481. The molecular weight excluding hydrogens is 322 g/mol. The van der Waals surface area contributed by atoms with Crippen LogP contribution >= 0.6 is 0 Å². The number of hydrogen-bond donors (Lipinski definition) is 0. The van der Waals surface area contributed by atoms with Crippen LogP contribution < -0.4 is 0 Å². The molecular formula is C21H25N5. The summed E-state index contributed by atoms with van der Waals surface area (Å²) in [4.78, 5) is 16.2. The van der Waals surface area contributed by atoms with Crippen LogP contribution in [0.5, 0.6) is 0 Å². The highest BCUT2D eigenvalue weighted by Crippen LogP contribution is 2.27. The first kappa shape index (κ1) is 16.9. The largest absolute Gasteiger partial charge is 0.298 e. The number of likely N-dealkylation sites (tertiary alicyclic amines) is 1. The highest BCUT2D eigenvalue weighted by Gasteiger charge is 2.23. The van der Waals surface area contributed by atoms with E-state index in [-0.39, 0.29) is 0 Å². The molecule has 1 aliphatic rings. The Kier molecular flexibility index (Phi) is 5.07. The fourth-order valence-corrected chi connectivity index (χ4v) is 3.80. The third kappa shape index (κ3) is 3.68. The molecule has 0 radical (unpaired) electrons. The van der Waals surface area contributed by atoms with Crippen LogP contribution in [0.15, 0.2) is 55.1 Å². The Morgan fingerprint density at radius 1 is 1.15 bits per heavy atom. The molecule has 3 aromatic rings. The lowest BCUT2D eigenvalue weighted by Gasteiger charge is -2.32. The van der Waals surface area contributed by atoms with Gasteiger partial charge in [0.1, 0.15) is 11.6 Å². The molecule has 1 fully saturated rings. The molecule has 1 atom stereocenters. The van der Waals surface area contributed by atoms with Gasteiger partial charge in [0.25, 0.3) is 0 Å². The van der Waals surface area contributed by atoms with Crippen molar-refractivity contribution in [1.29, 1.82) is 0 Å². The van der Waals surface area contributed by atoms with Gasteiger partial charge in [0, 0.05) is 55.9 Å². The highest BCUT2D eigenvalue weighted by molar-refractivity contribution is 5.28. The number of hydrogen-bond acceptors (Lipinski definition) is 4. The Balaban J connectivity index is 1.51. The Morgan fingerprint density at radius 2 is 2.12 bits per heavy atom. The normalized spacial score (nSPS) is 18.1. The summed E-state index contributed by atoms with van der Waals surface area (Å²) in [5.74, 6) is 2.51. The molecule has 1 unspecified atom stereocenters. The van der Waals surface area contributed by atoms with E-state index in [2.05, 4.69) is 50.6 Å². The zero-order valence-electron chi connectivity index (χ0n) is 15.3. The number of imidazole rings is 1. The molecule has 0 N–H and O–H groups in total. The van der Waals surface area contributed by atoms with Crippen LogP contribution in [0.3, 0.4) is 0 Å². The number of rotatable bonds is 5. The van der Waals surface area contributed by atoms with Gasteiger partial charge in [-0.3, -0.25) is 14.5 Å². The molecule has 3 aromatic heterocycles. The van der Waals surface area contributed by atoms with Crippen LogP contribution in [0.1, 0.15) is 42.8 Å². The first-order valence-electron chi connectivity index (χ1n) is 9.44. The van der Waals surface area contributed by atoms with Crippen molar-refractivity contribution in [3.8, 4) is 5.82 Å². The first-order valence-corrected chi connectivity index (χ1v) is 9.44. The molecule has 5 heteroatoms. The molecule has 26 heavy (non-hydrogen) atoms. The van der Waals surface area contributed by atoms with E-state index >= 15 is 0 Å². The van der Waals surface area contributed by atoms with E-state index in [0.29, 0.717) is 5.92 Å². The fourth-order valence-electron chi connectivity index (χ4n) is 3.80. The van der Waals surface area contributed by atoms with Crippen molar-refractivity contribution < 1.29 is 0 Å². The number of pyridine rings is 2. The van der Waals surface area contributed by atoms with E-state index in [1.54, 1.807) is 0 Å². The van der Waals surface area contributed by atoms with Crippen LogP contribution in [0.25, 0.3) is 5.82 Å². The molecule has 4 rings (SSSR count). The number of aromatic nitrogens is 4. The first-order chi connectivity index (χ1) is 12.8. The highest BCUT2D eigenvalue weighted by atomic mass is 15.1. The van der Waals surface area contributed by atoms with Crippen molar-refractivity contribution in [3.05, 3.63) is 72.2 Å². The number of nitrogens with zero attached hydrogens (tertiary/aromatic N) is 5. The van der Waals surface area contributed by atoms with Crippen molar-refractivity contribution in [3.63, 3.8) is 0 Å². The topological polar surface area (TPSA) is 46.8 Å². The molecule has 5 nitrogen and oxygen atoms in total. The van der Waals surface area contributed by atoms with Crippen molar-refractivity contribution >= 4 is 0 Å². The van der Waals surface area contributed by atoms with E-state index < -0.39 is 0 Å². The minimum Gasteiger partial charge on any atom is -0.298 e. The lowest BCUT2D eigenvalue weighted by Crippen LogP contribution is -2.34. The zero-order valence-corrected chi connectivity index (χ0v) is 15.3. The van der Waals surface area contributed by atoms with Gasteiger partial charge in [-0.2, -0.15) is 0 Å². The monoisotopic (exact) mass is 347 g/mol. The molecule has 0 bridgehead atoms. The van der Waals surface area contributed by atoms with Crippen molar-refractivity contribution in [2.45, 2.75) is 38.6 Å². The number of piperidine rings is 1. The second-order valence-electron chi connectivity index (χ2n) is 6.92. The third-order valence-electron chi connectivity index (χ3n) is 5.09. The average Bonchev–Trinajstić information content (AvgIpc) is 3.18. The van der Waals surface area contributed by atoms with Gasteiger partial charge in [-0.25, -0.2) is 9.97 Å². The summed E-state index contributed by atoms with van der Waals surface area (Å²) >= 11 is 0. The number of aryl methyl sites for hydroxylation is 1. The standard InChI is InChI=1S/C21H25N5/c1-2-20-23-11-13-26(20)21-9-3-8-19(24-21)18-7-5-12-25(16-18)15-17-6-4-10-22-14-17/h3-4,6,8-11,13-14,18H,2,5,7,12,15-16H2,1H3. The lowest BCUT2D eigenvalue weighted by molar-refractivity contribution is 0.198. The summed E-state index contributed by atoms with van der Waals surface area (Å²) in [5, 5.41) is 0. The van der Waals surface area contributed by atoms with E-state index in [9.17, 15) is 0 Å². The second-order valence-corrected chi connectivity index (χ2v) is 6.92. The minimum atomic E-state index is 0.481. The molecule has 1 saturated heterocycles. The van der Waals surface area contributed by atoms with E-state index in [1.807, 2.05) is 30.9 Å². The van der Waals surface area contributed by atoms with Gasteiger partial charge in [0.2, 0.25) is 0 Å². The molecule has 0 aliphatic carbocycles. The van der Waals surface area contributed by atoms with Crippen LogP contribution in [-0.4, -0.2) is 37.5 Å². The molecule has 134 valence electrons. The van der Waals surface area contributed by atoms with Crippen LogP contribution in [0.2, 0.25) is 0 Å². The maximum absolute atomic E-state index is 4.97. The maximum Gasteiger partial charge on any atom is 0.138 e. The van der Waals surface area contributed by atoms with Gasteiger partial charge in [-0.15, -0.1) is 0 Å². The van der Waals surface area contributed by atoms with E-state index in [1.165, 1.54) is 24.1 Å². The van der Waals surface area contributed by atoms with Gasteiger partial charge in [0.15, 0.2) is 0 Å². The lowest BCUT2D eigenvalue weighted by atomic mass is 9.94. The fraction of sp³-hybridized carbons (Fsp3) is 0.381. The second kappa shape index (κ2) is 7.79. The van der Waals surface area contributed by atoms with E-state index in [0.717, 1.165) is 37.7 Å². The quantitative estimate of drug-likeness (QED) is 0.707. The van der Waals surface area contributed by atoms with Gasteiger partial charge < -0.3 is 0 Å². The summed E-state index contributed by atoms with van der Waals surface area (Å²) in [6.07, 6.45) is 11.0. The Hall–Kier alpha value is -2.53. The van der Waals surface area contributed by atoms with Crippen molar-refractivity contribution in [2.75, 3.05) is 13.1 Å². The molecule has 4 heterocycles. The molecule has 1 aliphatic heterocycles. The Labute approximate surface area is 154 Å². The summed E-state index contributed by atoms with van der Waals surface area (Å²) in [7, 11) is 0. The Bertz CT molecular complexity index is 842. The van der Waals surface area contributed by atoms with Crippen molar-refractivity contribution in [2.24, 2.45) is 0 Å². The molecule has 0 aromatic carbocycles. The van der Waals surface area contributed by atoms with Crippen LogP contribution in [-0.2, 0) is 13.0 Å². The zero-order chi connectivity index (χ0) is 17.8. The summed E-state index contributed by atoms with van der Waals surface area (Å²) in [6, 6.07) is 10.5. The SMILES string of the molecule is CCc1nccn1-c1cccc(C2CCCN(Cc3cccnc3)C2)n1. The van der Waals surface area contributed by atoms with Crippen LogP contribution in [0, 0.1) is 0 Å². The predicted octanol–water partition coefficient (Wildman–Crippen LogP) is 3.60. The smallest absolute Gasteiger partial charge is 0.138 e. The average molecular weight is 347 g/mol. The Morgan fingerprint density at radius 3 is 2.96 bits per heavy atom. The summed E-state index contributed by atoms with van der Waals surface area (Å²) < 4.78 is 2.10. The van der Waals surface area contributed by atoms with Gasteiger partial charge >= 0.3 is 0 Å². The molecule has 0 amide bonds. The van der Waals surface area contributed by atoms with Crippen molar-refractivity contribution in [1.82, 2.24) is 24.4 Å². The molecule has 0 spiro atoms. The van der Waals surface area contributed by atoms with Gasteiger partial charge in [0.05, 0.1) is 0 Å². The maximum atomic E-state index is 4.97. The summed E-state index contributed by atoms with van der Waals surface area (Å²) in [5.41, 5.74) is 2.47. The predicted molar refractivity (Wildman–Crippen MR) is 102 cm³/mol.